The molecule has 0 heterocycles. The number of nitroso groups, excluding NO2 is 1. The zero-order valence-corrected chi connectivity index (χ0v) is 21.0. The molecule has 4 fully saturated rings. The minimum atomic E-state index is -0.853. The average Bonchev–Trinajstić information content (AvgIpc) is 3.05. The van der Waals surface area contributed by atoms with Gasteiger partial charge in [0, 0.05) is 5.92 Å². The van der Waals surface area contributed by atoms with E-state index >= 15 is 0 Å². The van der Waals surface area contributed by atoms with Gasteiger partial charge in [-0.25, -0.2) is 0 Å². The largest absolute Gasteiger partial charge is 0.179 e. The van der Waals surface area contributed by atoms with E-state index in [2.05, 4.69) is 39.8 Å². The molecule has 0 radical (unpaired) electrons. The Kier molecular flexibility index (Phi) is 6.42. The molecule has 0 spiro atoms. The summed E-state index contributed by atoms with van der Waals surface area (Å²) in [4.78, 5) is 11.4. The molecular formula is C27H46ClNO. The monoisotopic (exact) mass is 435 g/mol. The molecule has 4 aliphatic carbocycles. The van der Waals surface area contributed by atoms with Crippen LogP contribution in [0, 0.1) is 57.2 Å². The Morgan fingerprint density at radius 3 is 2.37 bits per heavy atom. The number of fused-ring (bicyclic) bond motifs is 5. The van der Waals surface area contributed by atoms with Crippen LogP contribution in [0.15, 0.2) is 5.18 Å². The van der Waals surface area contributed by atoms with Crippen LogP contribution in [0.5, 0.6) is 0 Å². The van der Waals surface area contributed by atoms with Crippen LogP contribution in [0.1, 0.15) is 112 Å². The first kappa shape index (κ1) is 23.1. The first-order valence-corrected chi connectivity index (χ1v) is 13.6. The van der Waals surface area contributed by atoms with Gasteiger partial charge in [-0.2, -0.15) is 0 Å². The average molecular weight is 436 g/mol. The molecule has 2 nitrogen and oxygen atoms in total. The van der Waals surface area contributed by atoms with E-state index in [1.165, 1.54) is 70.6 Å². The zero-order valence-electron chi connectivity index (χ0n) is 20.3. The summed E-state index contributed by atoms with van der Waals surface area (Å²) in [5.74, 6) is 4.46. The lowest BCUT2D eigenvalue weighted by atomic mass is 9.43. The molecule has 0 aliphatic heterocycles. The van der Waals surface area contributed by atoms with Gasteiger partial charge < -0.3 is 0 Å². The molecule has 4 rings (SSSR count). The van der Waals surface area contributed by atoms with E-state index in [4.69, 9.17) is 11.6 Å². The van der Waals surface area contributed by atoms with Gasteiger partial charge in [0.2, 0.25) is 0 Å². The maximum absolute atomic E-state index is 12.2. The Morgan fingerprint density at radius 2 is 1.67 bits per heavy atom. The normalized spacial score (nSPS) is 49.2. The van der Waals surface area contributed by atoms with E-state index in [0.717, 1.165) is 24.2 Å². The SMILES string of the molecule is CC(C)CCC[C@@H](C)[C@H]1CC[C@H]2[C@H]3[C@H](CC[C@]12C)[C@@]1(C)CCCCC1CC3(Cl)N=O. The molecule has 9 atom stereocenters. The molecule has 30 heavy (non-hydrogen) atoms. The van der Waals surface area contributed by atoms with E-state index in [0.29, 0.717) is 34.5 Å². The lowest BCUT2D eigenvalue weighted by Gasteiger charge is -2.63. The molecule has 0 N–H and O–H groups in total. The summed E-state index contributed by atoms with van der Waals surface area (Å²) in [6.45, 7) is 12.3. The Morgan fingerprint density at radius 1 is 0.933 bits per heavy atom. The second-order valence-electron chi connectivity index (χ2n) is 12.8. The molecule has 0 bridgehead atoms. The third-order valence-electron chi connectivity index (χ3n) is 11.0. The third kappa shape index (κ3) is 3.60. The van der Waals surface area contributed by atoms with Crippen LogP contribution in [0.25, 0.3) is 0 Å². The lowest BCUT2D eigenvalue weighted by Crippen LogP contribution is -2.60. The van der Waals surface area contributed by atoms with Crippen molar-refractivity contribution >= 4 is 11.6 Å². The Bertz CT molecular complexity index is 636. The van der Waals surface area contributed by atoms with Crippen LogP contribution in [-0.4, -0.2) is 5.00 Å². The topological polar surface area (TPSA) is 29.4 Å². The van der Waals surface area contributed by atoms with E-state index in [9.17, 15) is 4.91 Å². The van der Waals surface area contributed by atoms with Gasteiger partial charge in [-0.1, -0.05) is 78.3 Å². The smallest absolute Gasteiger partial charge is 0.149 e. The fourth-order valence-corrected chi connectivity index (χ4v) is 9.84. The lowest BCUT2D eigenvalue weighted by molar-refractivity contribution is -0.131. The van der Waals surface area contributed by atoms with Gasteiger partial charge in [-0.3, -0.25) is 0 Å². The van der Waals surface area contributed by atoms with Crippen molar-refractivity contribution in [2.75, 3.05) is 0 Å². The zero-order chi connectivity index (χ0) is 21.7. The fourth-order valence-electron chi connectivity index (χ4n) is 9.35. The van der Waals surface area contributed by atoms with Gasteiger partial charge in [0.1, 0.15) is 0 Å². The summed E-state index contributed by atoms with van der Waals surface area (Å²) in [6, 6.07) is 0. The molecule has 4 saturated carbocycles. The number of nitrogens with zero attached hydrogens (tertiary/aromatic N) is 1. The number of alkyl halides is 1. The first-order chi connectivity index (χ1) is 14.2. The van der Waals surface area contributed by atoms with E-state index in [-0.39, 0.29) is 0 Å². The maximum atomic E-state index is 12.2. The van der Waals surface area contributed by atoms with Gasteiger partial charge in [0.05, 0.1) is 0 Å². The van der Waals surface area contributed by atoms with Crippen molar-refractivity contribution in [2.45, 2.75) is 117 Å². The number of rotatable bonds is 6. The summed E-state index contributed by atoms with van der Waals surface area (Å²) in [5, 5.41) is 3.73. The Balaban J connectivity index is 1.59. The van der Waals surface area contributed by atoms with Crippen LogP contribution in [0.4, 0.5) is 0 Å². The van der Waals surface area contributed by atoms with Crippen LogP contribution in [0.3, 0.4) is 0 Å². The highest BCUT2D eigenvalue weighted by molar-refractivity contribution is 6.24. The molecule has 4 aliphatic rings. The molecule has 2 unspecified atom stereocenters. The third-order valence-corrected chi connectivity index (χ3v) is 11.4. The van der Waals surface area contributed by atoms with Crippen molar-refractivity contribution in [1.82, 2.24) is 0 Å². The van der Waals surface area contributed by atoms with Gasteiger partial charge in [-0.15, -0.1) is 4.91 Å². The molecule has 0 amide bonds. The Hall–Kier alpha value is -0.110. The van der Waals surface area contributed by atoms with Crippen LogP contribution in [0.2, 0.25) is 0 Å². The van der Waals surface area contributed by atoms with Gasteiger partial charge >= 0.3 is 0 Å². The van der Waals surface area contributed by atoms with Gasteiger partial charge in [0.15, 0.2) is 5.00 Å². The predicted molar refractivity (Wildman–Crippen MR) is 127 cm³/mol. The van der Waals surface area contributed by atoms with Gasteiger partial charge in [-0.05, 0) is 96.5 Å². The summed E-state index contributed by atoms with van der Waals surface area (Å²) >= 11 is 7.21. The van der Waals surface area contributed by atoms with Crippen molar-refractivity contribution in [3.05, 3.63) is 4.91 Å². The Labute approximate surface area is 190 Å². The second-order valence-corrected chi connectivity index (χ2v) is 13.5. The summed E-state index contributed by atoms with van der Waals surface area (Å²) in [7, 11) is 0. The van der Waals surface area contributed by atoms with Crippen molar-refractivity contribution < 1.29 is 0 Å². The highest BCUT2D eigenvalue weighted by Gasteiger charge is 2.67. The van der Waals surface area contributed by atoms with E-state index in [1.54, 1.807) is 0 Å². The number of hydrogen-bond donors (Lipinski definition) is 0. The van der Waals surface area contributed by atoms with Gasteiger partial charge in [0.25, 0.3) is 0 Å². The first-order valence-electron chi connectivity index (χ1n) is 13.2. The number of halogens is 1. The van der Waals surface area contributed by atoms with Crippen LogP contribution >= 0.6 is 11.6 Å². The predicted octanol–water partition coefficient (Wildman–Crippen LogP) is 8.81. The summed E-state index contributed by atoms with van der Waals surface area (Å²) < 4.78 is 0. The summed E-state index contributed by atoms with van der Waals surface area (Å²) in [6.07, 6.45) is 15.4. The highest BCUT2D eigenvalue weighted by Crippen LogP contribution is 2.71. The highest BCUT2D eigenvalue weighted by atomic mass is 35.5. The minimum absolute atomic E-state index is 0.294. The van der Waals surface area contributed by atoms with Crippen molar-refractivity contribution in [3.63, 3.8) is 0 Å². The molecule has 3 heteroatoms. The number of hydrogen-bond acceptors (Lipinski definition) is 2. The maximum Gasteiger partial charge on any atom is 0.179 e. The quantitative estimate of drug-likeness (QED) is 0.232. The van der Waals surface area contributed by atoms with E-state index < -0.39 is 5.00 Å². The molecule has 0 aromatic rings. The van der Waals surface area contributed by atoms with Crippen molar-refractivity contribution in [3.8, 4) is 0 Å². The molecule has 172 valence electrons. The molecular weight excluding hydrogens is 390 g/mol. The molecule has 0 aromatic heterocycles. The molecule has 0 saturated heterocycles. The standard InChI is InChI=1S/C27H46ClNO/c1-18(2)9-8-10-19(3)21-12-13-22-24-23(14-16-26(21,22)5)25(4)15-7-6-11-20(25)17-27(24,28)29-30/h18-24H,6-17H2,1-5H3/t19-,20?,21-,22+,23+,24+,25+,26-,27?/m1/s1. The second kappa shape index (κ2) is 8.35. The minimum Gasteiger partial charge on any atom is -0.149 e. The van der Waals surface area contributed by atoms with Crippen molar-refractivity contribution in [2.24, 2.45) is 57.4 Å². The van der Waals surface area contributed by atoms with Crippen molar-refractivity contribution in [1.29, 1.82) is 0 Å². The van der Waals surface area contributed by atoms with E-state index in [1.807, 2.05) is 0 Å². The van der Waals surface area contributed by atoms with Crippen LogP contribution in [-0.2, 0) is 0 Å². The fraction of sp³-hybridized carbons (Fsp3) is 1.00. The molecule has 0 aromatic carbocycles. The van der Waals surface area contributed by atoms with Crippen LogP contribution < -0.4 is 0 Å². The summed E-state index contributed by atoms with van der Waals surface area (Å²) in [5.41, 5.74) is 0.732.